The van der Waals surface area contributed by atoms with Gasteiger partial charge in [-0.15, -0.1) is 11.3 Å². The predicted octanol–water partition coefficient (Wildman–Crippen LogP) is 2.54. The Bertz CT molecular complexity index is 779. The number of carbonyl (C=O) groups is 1. The molecule has 1 atom stereocenters. The Balaban J connectivity index is 2.20. The van der Waals surface area contributed by atoms with E-state index in [0.717, 1.165) is 10.4 Å². The highest BCUT2D eigenvalue weighted by Gasteiger charge is 2.20. The van der Waals surface area contributed by atoms with Crippen molar-refractivity contribution < 1.29 is 13.2 Å². The Morgan fingerprint density at radius 2 is 1.77 bits per heavy atom. The third kappa shape index (κ3) is 3.55. The second kappa shape index (κ2) is 6.20. The lowest BCUT2D eigenvalue weighted by Crippen LogP contribution is -2.29. The Morgan fingerprint density at radius 1 is 1.18 bits per heavy atom. The Hall–Kier alpha value is -1.70. The van der Waals surface area contributed by atoms with E-state index in [1.54, 1.807) is 24.1 Å². The van der Waals surface area contributed by atoms with Crippen LogP contribution >= 0.6 is 11.3 Å². The minimum Gasteiger partial charge on any atom is -0.334 e. The number of carbonyl (C=O) groups excluding carboxylic acids is 1. The highest BCUT2D eigenvalue weighted by molar-refractivity contribution is 7.89. The van der Waals surface area contributed by atoms with Gasteiger partial charge in [0, 0.05) is 11.9 Å². The van der Waals surface area contributed by atoms with E-state index in [9.17, 15) is 13.2 Å². The summed E-state index contributed by atoms with van der Waals surface area (Å²) in [5.74, 6) is -0.0545. The minimum atomic E-state index is -3.70. The smallest absolute Gasteiger partial charge is 0.264 e. The van der Waals surface area contributed by atoms with Gasteiger partial charge in [-0.05, 0) is 43.7 Å². The van der Waals surface area contributed by atoms with Gasteiger partial charge in [-0.25, -0.2) is 13.6 Å². The molecule has 0 saturated carbocycles. The summed E-state index contributed by atoms with van der Waals surface area (Å²) in [6, 6.07) is 9.81. The number of hydrogen-bond donors (Lipinski definition) is 1. The summed E-state index contributed by atoms with van der Waals surface area (Å²) in [5, 5.41) is 5.08. The van der Waals surface area contributed by atoms with Gasteiger partial charge in [0.15, 0.2) is 0 Å². The van der Waals surface area contributed by atoms with Crippen LogP contribution in [-0.4, -0.2) is 26.3 Å². The average Bonchev–Trinajstić information content (AvgIpc) is 2.90. The molecule has 7 heteroatoms. The Morgan fingerprint density at radius 3 is 2.23 bits per heavy atom. The molecule has 0 spiro atoms. The number of amides is 1. The van der Waals surface area contributed by atoms with Crippen LogP contribution in [0.3, 0.4) is 0 Å². The number of nitrogens with zero attached hydrogens (tertiary/aromatic N) is 1. The standard InChI is InChI=1S/C15H18N2O3S2/c1-10-4-9-14(21-10)15(18)17(3)11(2)12-5-7-13(8-6-12)22(16,19)20/h4-9,11H,1-3H3,(H2,16,19,20). The molecular formula is C15H18N2O3S2. The summed E-state index contributed by atoms with van der Waals surface area (Å²) in [6.45, 7) is 3.85. The van der Waals surface area contributed by atoms with Crippen molar-refractivity contribution in [2.75, 3.05) is 7.05 Å². The van der Waals surface area contributed by atoms with Gasteiger partial charge in [0.2, 0.25) is 10.0 Å². The van der Waals surface area contributed by atoms with E-state index in [0.29, 0.717) is 4.88 Å². The van der Waals surface area contributed by atoms with Crippen LogP contribution in [0.25, 0.3) is 0 Å². The summed E-state index contributed by atoms with van der Waals surface area (Å²) in [6.07, 6.45) is 0. The Labute approximate surface area is 134 Å². The zero-order valence-corrected chi connectivity index (χ0v) is 14.2. The molecule has 1 aromatic carbocycles. The van der Waals surface area contributed by atoms with Crippen LogP contribution in [0.15, 0.2) is 41.3 Å². The third-order valence-electron chi connectivity index (χ3n) is 3.54. The van der Waals surface area contributed by atoms with Crippen LogP contribution in [0.5, 0.6) is 0 Å². The Kier molecular flexibility index (Phi) is 4.69. The van der Waals surface area contributed by atoms with E-state index in [1.807, 2.05) is 26.0 Å². The highest BCUT2D eigenvalue weighted by Crippen LogP contribution is 2.24. The number of hydrogen-bond acceptors (Lipinski definition) is 4. The first kappa shape index (κ1) is 16.7. The molecule has 1 aromatic heterocycles. The SMILES string of the molecule is Cc1ccc(C(=O)N(C)C(C)c2ccc(S(N)(=O)=O)cc2)s1. The first-order chi connectivity index (χ1) is 10.2. The van der Waals surface area contributed by atoms with E-state index in [4.69, 9.17) is 5.14 Å². The molecule has 118 valence electrons. The van der Waals surface area contributed by atoms with Crippen LogP contribution in [-0.2, 0) is 10.0 Å². The maximum absolute atomic E-state index is 12.4. The van der Waals surface area contributed by atoms with Crippen molar-refractivity contribution in [1.82, 2.24) is 4.90 Å². The second-order valence-electron chi connectivity index (χ2n) is 5.12. The lowest BCUT2D eigenvalue weighted by atomic mass is 10.1. The van der Waals surface area contributed by atoms with Gasteiger partial charge in [0.05, 0.1) is 15.8 Å². The fourth-order valence-corrected chi connectivity index (χ4v) is 3.42. The summed E-state index contributed by atoms with van der Waals surface area (Å²) in [4.78, 5) is 15.9. The lowest BCUT2D eigenvalue weighted by Gasteiger charge is -2.25. The minimum absolute atomic E-state index is 0.0545. The summed E-state index contributed by atoms with van der Waals surface area (Å²) in [5.41, 5.74) is 0.844. The molecule has 0 saturated heterocycles. The summed E-state index contributed by atoms with van der Waals surface area (Å²) >= 11 is 1.46. The van der Waals surface area contributed by atoms with Crippen LogP contribution in [0, 0.1) is 6.92 Å². The molecule has 0 aliphatic heterocycles. The number of aryl methyl sites for hydroxylation is 1. The number of nitrogens with two attached hydrogens (primary N) is 1. The highest BCUT2D eigenvalue weighted by atomic mass is 32.2. The number of rotatable bonds is 4. The molecule has 22 heavy (non-hydrogen) atoms. The maximum atomic E-state index is 12.4. The van der Waals surface area contributed by atoms with Crippen molar-refractivity contribution in [2.45, 2.75) is 24.8 Å². The molecule has 1 heterocycles. The van der Waals surface area contributed by atoms with E-state index < -0.39 is 10.0 Å². The fourth-order valence-electron chi connectivity index (χ4n) is 2.06. The van der Waals surface area contributed by atoms with Crippen molar-refractivity contribution in [3.05, 3.63) is 51.7 Å². The van der Waals surface area contributed by atoms with Crippen LogP contribution in [0.4, 0.5) is 0 Å². The molecule has 2 N–H and O–H groups in total. The number of sulfonamides is 1. The van der Waals surface area contributed by atoms with E-state index in [-0.39, 0.29) is 16.8 Å². The van der Waals surface area contributed by atoms with Crippen molar-refractivity contribution in [3.8, 4) is 0 Å². The first-order valence-corrected chi connectivity index (χ1v) is 9.03. The zero-order chi connectivity index (χ0) is 16.5. The van der Waals surface area contributed by atoms with E-state index in [2.05, 4.69) is 0 Å². The molecular weight excluding hydrogens is 320 g/mol. The topological polar surface area (TPSA) is 80.5 Å². The quantitative estimate of drug-likeness (QED) is 0.930. The van der Waals surface area contributed by atoms with Crippen LogP contribution < -0.4 is 5.14 Å². The normalized spacial score (nSPS) is 12.9. The molecule has 0 fully saturated rings. The number of primary sulfonamides is 1. The van der Waals surface area contributed by atoms with Crippen LogP contribution in [0.1, 0.15) is 33.1 Å². The molecule has 1 unspecified atom stereocenters. The molecule has 5 nitrogen and oxygen atoms in total. The van der Waals surface area contributed by atoms with Crippen molar-refractivity contribution in [3.63, 3.8) is 0 Å². The summed E-state index contributed by atoms with van der Waals surface area (Å²) < 4.78 is 22.5. The number of benzene rings is 1. The average molecular weight is 338 g/mol. The molecule has 1 amide bonds. The van der Waals surface area contributed by atoms with E-state index in [1.165, 1.54) is 23.5 Å². The van der Waals surface area contributed by atoms with Gasteiger partial charge in [-0.2, -0.15) is 0 Å². The molecule has 0 bridgehead atoms. The summed E-state index contributed by atoms with van der Waals surface area (Å²) in [7, 11) is -1.97. The molecule has 0 aliphatic rings. The van der Waals surface area contributed by atoms with Crippen molar-refractivity contribution >= 4 is 27.3 Å². The van der Waals surface area contributed by atoms with Gasteiger partial charge in [0.1, 0.15) is 0 Å². The van der Waals surface area contributed by atoms with Crippen molar-refractivity contribution in [2.24, 2.45) is 5.14 Å². The van der Waals surface area contributed by atoms with Gasteiger partial charge in [-0.3, -0.25) is 4.79 Å². The molecule has 0 radical (unpaired) electrons. The molecule has 2 rings (SSSR count). The lowest BCUT2D eigenvalue weighted by molar-refractivity contribution is 0.0747. The first-order valence-electron chi connectivity index (χ1n) is 6.66. The van der Waals surface area contributed by atoms with Crippen molar-refractivity contribution in [1.29, 1.82) is 0 Å². The van der Waals surface area contributed by atoms with E-state index >= 15 is 0 Å². The fraction of sp³-hybridized carbons (Fsp3) is 0.267. The van der Waals surface area contributed by atoms with Gasteiger partial charge >= 0.3 is 0 Å². The zero-order valence-electron chi connectivity index (χ0n) is 12.6. The van der Waals surface area contributed by atoms with Gasteiger partial charge in [-0.1, -0.05) is 12.1 Å². The van der Waals surface area contributed by atoms with Crippen LogP contribution in [0.2, 0.25) is 0 Å². The molecule has 2 aromatic rings. The third-order valence-corrected chi connectivity index (χ3v) is 5.46. The second-order valence-corrected chi connectivity index (χ2v) is 7.97. The monoisotopic (exact) mass is 338 g/mol. The van der Waals surface area contributed by atoms with Gasteiger partial charge < -0.3 is 4.90 Å². The number of thiophene rings is 1. The molecule has 0 aliphatic carbocycles. The maximum Gasteiger partial charge on any atom is 0.264 e. The predicted molar refractivity (Wildman–Crippen MR) is 87.4 cm³/mol. The largest absolute Gasteiger partial charge is 0.334 e. The van der Waals surface area contributed by atoms with Gasteiger partial charge in [0.25, 0.3) is 5.91 Å².